The Bertz CT molecular complexity index is 1570. The predicted octanol–water partition coefficient (Wildman–Crippen LogP) is 5.24. The molecule has 1 amide bonds. The molecule has 1 N–H and O–H groups in total. The fourth-order valence-electron chi connectivity index (χ4n) is 4.16. The van der Waals surface area contributed by atoms with Crippen molar-refractivity contribution in [2.75, 3.05) is 22.8 Å². The molecule has 36 heavy (non-hydrogen) atoms. The van der Waals surface area contributed by atoms with Crippen LogP contribution in [-0.2, 0) is 21.2 Å². The monoisotopic (exact) mass is 541 g/mol. The number of anilines is 2. The Kier molecular flexibility index (Phi) is 6.54. The molecule has 2 aromatic carbocycles. The molecule has 0 spiro atoms. The number of fused-ring (bicyclic) bond motifs is 2. The van der Waals surface area contributed by atoms with Gasteiger partial charge in [0.15, 0.2) is 5.13 Å². The number of benzene rings is 2. The number of sulfonamides is 1. The van der Waals surface area contributed by atoms with Gasteiger partial charge < -0.3 is 4.74 Å². The zero-order chi connectivity index (χ0) is 25.4. The second-order valence-corrected chi connectivity index (χ2v) is 12.1. The van der Waals surface area contributed by atoms with Crippen LogP contribution in [0.5, 0.6) is 0 Å². The smallest absolute Gasteiger partial charge is 0.348 e. The number of thiazole rings is 1. The molecule has 0 radical (unpaired) electrons. The number of carbonyl (C=O) groups is 2. The van der Waals surface area contributed by atoms with Crippen molar-refractivity contribution in [3.05, 3.63) is 70.1 Å². The van der Waals surface area contributed by atoms with E-state index in [-0.39, 0.29) is 10.9 Å². The summed E-state index contributed by atoms with van der Waals surface area (Å²) in [6.07, 6.45) is 1.60. The van der Waals surface area contributed by atoms with E-state index in [1.165, 1.54) is 51.2 Å². The van der Waals surface area contributed by atoms with Crippen LogP contribution in [0.1, 0.15) is 44.5 Å². The lowest BCUT2D eigenvalue weighted by Gasteiger charge is -2.30. The van der Waals surface area contributed by atoms with Crippen molar-refractivity contribution >= 4 is 64.9 Å². The highest BCUT2D eigenvalue weighted by Gasteiger charge is 2.29. The van der Waals surface area contributed by atoms with Gasteiger partial charge in [-0.3, -0.25) is 14.4 Å². The third-order valence-corrected chi connectivity index (χ3v) is 10.1. The molecule has 186 valence electrons. The van der Waals surface area contributed by atoms with E-state index < -0.39 is 15.9 Å². The van der Waals surface area contributed by atoms with E-state index in [1.807, 2.05) is 31.2 Å². The molecule has 8 nitrogen and oxygen atoms in total. The van der Waals surface area contributed by atoms with Gasteiger partial charge in [-0.2, -0.15) is 0 Å². The van der Waals surface area contributed by atoms with Gasteiger partial charge in [-0.1, -0.05) is 29.5 Å². The summed E-state index contributed by atoms with van der Waals surface area (Å²) in [4.78, 5) is 30.6. The van der Waals surface area contributed by atoms with E-state index in [2.05, 4.69) is 10.3 Å². The number of carbonyl (C=O) groups excluding carboxylic acids is 2. The van der Waals surface area contributed by atoms with Crippen molar-refractivity contribution in [2.24, 2.45) is 0 Å². The van der Waals surface area contributed by atoms with Crippen molar-refractivity contribution in [1.29, 1.82) is 0 Å². The third kappa shape index (κ3) is 4.38. The van der Waals surface area contributed by atoms with Crippen LogP contribution in [0.4, 0.5) is 10.8 Å². The minimum absolute atomic E-state index is 0.132. The van der Waals surface area contributed by atoms with Gasteiger partial charge >= 0.3 is 5.97 Å². The van der Waals surface area contributed by atoms with Crippen LogP contribution in [0.2, 0.25) is 0 Å². The number of hydrogen-bond donors (Lipinski definition) is 1. The van der Waals surface area contributed by atoms with Gasteiger partial charge in [-0.25, -0.2) is 18.2 Å². The Morgan fingerprint density at radius 3 is 2.58 bits per heavy atom. The number of nitrogens with one attached hydrogen (secondary N) is 1. The Hall–Kier alpha value is -3.28. The van der Waals surface area contributed by atoms with Gasteiger partial charge in [-0.15, -0.1) is 11.3 Å². The molecule has 0 saturated carbocycles. The summed E-state index contributed by atoms with van der Waals surface area (Å²) >= 11 is 2.51. The minimum Gasteiger partial charge on any atom is -0.462 e. The van der Waals surface area contributed by atoms with Crippen molar-refractivity contribution in [1.82, 2.24) is 4.98 Å². The van der Waals surface area contributed by atoms with E-state index >= 15 is 0 Å². The molecule has 1 aliphatic rings. The number of rotatable bonds is 6. The molecule has 1 aliphatic heterocycles. The molecular formula is C25H23N3O5S3. The molecule has 0 atom stereocenters. The van der Waals surface area contributed by atoms with Crippen LogP contribution in [0.15, 0.2) is 53.4 Å². The number of para-hydroxylation sites is 1. The highest BCUT2D eigenvalue weighted by atomic mass is 32.2. The van der Waals surface area contributed by atoms with Crippen LogP contribution in [-0.4, -0.2) is 38.4 Å². The first kappa shape index (κ1) is 24.4. The molecule has 2 aromatic heterocycles. The number of ether oxygens (including phenoxy) is 1. The number of aryl methyl sites for hydroxylation is 2. The molecule has 11 heteroatoms. The van der Waals surface area contributed by atoms with E-state index in [1.54, 1.807) is 6.92 Å². The van der Waals surface area contributed by atoms with Gasteiger partial charge in [0.25, 0.3) is 15.9 Å². The normalized spacial score (nSPS) is 13.4. The Morgan fingerprint density at radius 2 is 1.86 bits per heavy atom. The second-order valence-electron chi connectivity index (χ2n) is 8.22. The van der Waals surface area contributed by atoms with E-state index in [4.69, 9.17) is 4.74 Å². The summed E-state index contributed by atoms with van der Waals surface area (Å²) in [7, 11) is -3.75. The van der Waals surface area contributed by atoms with Crippen molar-refractivity contribution in [2.45, 2.75) is 31.6 Å². The second kappa shape index (κ2) is 9.64. The predicted molar refractivity (Wildman–Crippen MR) is 142 cm³/mol. The van der Waals surface area contributed by atoms with Crippen molar-refractivity contribution in [3.8, 4) is 0 Å². The number of thiophene rings is 1. The Labute approximate surface area is 216 Å². The third-order valence-electron chi connectivity index (χ3n) is 5.93. The molecular weight excluding hydrogens is 518 g/mol. The van der Waals surface area contributed by atoms with E-state index in [0.717, 1.165) is 28.7 Å². The zero-order valence-electron chi connectivity index (χ0n) is 19.6. The number of nitrogens with zero attached hydrogens (tertiary/aromatic N) is 2. The topological polar surface area (TPSA) is 106 Å². The standard InChI is InChI=1S/C25H23N3O5S3/c1-3-33-24(30)21-15(2)20-23(34-21)27-25(35-20)26-22(29)17-10-12-18(13-11-17)36(31,32)28-14-6-8-16-7-4-5-9-19(16)28/h4-5,7,9-13H,3,6,8,14H2,1-2H3,(H,26,27,29). The fraction of sp³-hybridized carbons (Fsp3) is 0.240. The molecule has 5 rings (SSSR count). The molecule has 3 heterocycles. The average molecular weight is 542 g/mol. The molecule has 0 saturated heterocycles. The summed E-state index contributed by atoms with van der Waals surface area (Å²) in [5.74, 6) is -0.772. The van der Waals surface area contributed by atoms with Crippen LogP contribution < -0.4 is 9.62 Å². The summed E-state index contributed by atoms with van der Waals surface area (Å²) in [5, 5.41) is 3.17. The number of esters is 1. The molecule has 0 bridgehead atoms. The Balaban J connectivity index is 1.33. The van der Waals surface area contributed by atoms with Gasteiger partial charge in [0.05, 0.1) is 21.9 Å². The largest absolute Gasteiger partial charge is 0.462 e. The van der Waals surface area contributed by atoms with Crippen LogP contribution in [0, 0.1) is 6.92 Å². The number of hydrogen-bond acceptors (Lipinski definition) is 8. The molecule has 4 aromatic rings. The Morgan fingerprint density at radius 1 is 1.11 bits per heavy atom. The van der Waals surface area contributed by atoms with Crippen LogP contribution >= 0.6 is 22.7 Å². The quantitative estimate of drug-likeness (QED) is 0.335. The average Bonchev–Trinajstić information content (AvgIpc) is 3.42. The SMILES string of the molecule is CCOC(=O)c1sc2nc(NC(=O)c3ccc(S(=O)(=O)N4CCCc5ccccc54)cc3)sc2c1C. The van der Waals surface area contributed by atoms with Gasteiger partial charge in [0.1, 0.15) is 9.71 Å². The highest BCUT2D eigenvalue weighted by Crippen LogP contribution is 2.37. The maximum Gasteiger partial charge on any atom is 0.348 e. The maximum absolute atomic E-state index is 13.3. The lowest BCUT2D eigenvalue weighted by Crippen LogP contribution is -2.35. The van der Waals surface area contributed by atoms with Crippen molar-refractivity contribution in [3.63, 3.8) is 0 Å². The van der Waals surface area contributed by atoms with Crippen LogP contribution in [0.25, 0.3) is 9.53 Å². The summed E-state index contributed by atoms with van der Waals surface area (Å²) in [6.45, 7) is 4.29. The maximum atomic E-state index is 13.3. The summed E-state index contributed by atoms with van der Waals surface area (Å²) in [6, 6.07) is 13.4. The first-order valence-corrected chi connectivity index (χ1v) is 14.5. The van der Waals surface area contributed by atoms with Crippen molar-refractivity contribution < 1.29 is 22.7 Å². The lowest BCUT2D eigenvalue weighted by molar-refractivity contribution is 0.0531. The van der Waals surface area contributed by atoms with E-state index in [0.29, 0.717) is 39.2 Å². The van der Waals surface area contributed by atoms with Gasteiger partial charge in [0, 0.05) is 12.1 Å². The van der Waals surface area contributed by atoms with Gasteiger partial charge in [0.2, 0.25) is 0 Å². The summed E-state index contributed by atoms with van der Waals surface area (Å²) in [5.41, 5.74) is 2.81. The molecule has 0 fully saturated rings. The van der Waals surface area contributed by atoms with E-state index in [9.17, 15) is 18.0 Å². The van der Waals surface area contributed by atoms with Crippen LogP contribution in [0.3, 0.4) is 0 Å². The number of aromatic nitrogens is 1. The summed E-state index contributed by atoms with van der Waals surface area (Å²) < 4.78 is 34.0. The van der Waals surface area contributed by atoms with Gasteiger partial charge in [-0.05, 0) is 68.1 Å². The highest BCUT2D eigenvalue weighted by molar-refractivity contribution is 7.92. The fourth-order valence-corrected chi connectivity index (χ4v) is 7.91. The minimum atomic E-state index is -3.75. The lowest BCUT2D eigenvalue weighted by atomic mass is 10.0. The first-order valence-electron chi connectivity index (χ1n) is 11.4. The zero-order valence-corrected chi connectivity index (χ0v) is 22.1. The number of amides is 1. The molecule has 0 aliphatic carbocycles. The molecule has 0 unspecified atom stereocenters. The first-order chi connectivity index (χ1) is 17.3.